The minimum absolute atomic E-state index is 0.163. The van der Waals surface area contributed by atoms with Crippen molar-refractivity contribution in [3.05, 3.63) is 35.9 Å². The van der Waals surface area contributed by atoms with Crippen molar-refractivity contribution in [2.75, 3.05) is 13.6 Å². The van der Waals surface area contributed by atoms with Crippen LogP contribution in [-0.2, 0) is 0 Å². The zero-order valence-electron chi connectivity index (χ0n) is 9.38. The van der Waals surface area contributed by atoms with Crippen LogP contribution < -0.4 is 0 Å². The number of thioether (sulfide) groups is 1. The maximum absolute atomic E-state index is 11.8. The topological polar surface area (TPSA) is 32.7 Å². The third-order valence-corrected chi connectivity index (χ3v) is 3.55. The molecule has 1 unspecified atom stereocenters. The van der Waals surface area contributed by atoms with Crippen LogP contribution in [0.1, 0.15) is 17.3 Å². The molecule has 1 aliphatic rings. The number of benzene rings is 1. The number of carbonyl (C=O) groups excluding carboxylic acids is 1. The highest BCUT2D eigenvalue weighted by atomic mass is 32.2. The fourth-order valence-corrected chi connectivity index (χ4v) is 2.66. The van der Waals surface area contributed by atoms with Crippen molar-refractivity contribution in [3.8, 4) is 0 Å². The summed E-state index contributed by atoms with van der Waals surface area (Å²) in [5.74, 6) is -0.163. The quantitative estimate of drug-likeness (QED) is 0.747. The smallest absolute Gasteiger partial charge is 0.279 e. The molecule has 0 spiro atoms. The molecule has 0 radical (unpaired) electrons. The third-order valence-electron chi connectivity index (χ3n) is 2.38. The molecule has 1 heterocycles. The normalized spacial score (nSPS) is 22.8. The fourth-order valence-electron chi connectivity index (χ4n) is 1.61. The van der Waals surface area contributed by atoms with Crippen molar-refractivity contribution in [3.63, 3.8) is 0 Å². The number of rotatable bonds is 1. The van der Waals surface area contributed by atoms with Gasteiger partial charge in [0.25, 0.3) is 5.91 Å². The molecule has 0 saturated carbocycles. The van der Waals surface area contributed by atoms with Crippen molar-refractivity contribution in [1.29, 1.82) is 0 Å². The van der Waals surface area contributed by atoms with Gasteiger partial charge in [0, 0.05) is 24.4 Å². The van der Waals surface area contributed by atoms with Crippen molar-refractivity contribution >= 4 is 22.8 Å². The zero-order chi connectivity index (χ0) is 11.5. The molecule has 0 N–H and O–H groups in total. The maximum Gasteiger partial charge on any atom is 0.279 e. The van der Waals surface area contributed by atoms with Crippen LogP contribution >= 0.6 is 11.8 Å². The summed E-state index contributed by atoms with van der Waals surface area (Å²) in [5, 5.41) is 1.33. The summed E-state index contributed by atoms with van der Waals surface area (Å²) >= 11 is 1.65. The highest BCUT2D eigenvalue weighted by molar-refractivity contribution is 8.14. The van der Waals surface area contributed by atoms with E-state index in [1.807, 2.05) is 30.1 Å². The summed E-state index contributed by atoms with van der Waals surface area (Å²) in [5.41, 5.74) is 0.642. The van der Waals surface area contributed by atoms with Gasteiger partial charge in [-0.15, -0.1) is 0 Å². The molecule has 0 bridgehead atoms. The summed E-state index contributed by atoms with van der Waals surface area (Å²) in [4.78, 5) is 18.0. The summed E-state index contributed by atoms with van der Waals surface area (Å²) in [6.45, 7) is 3.09. The molecule has 0 aromatic heterocycles. The average molecular weight is 234 g/mol. The molecule has 1 amide bonds. The van der Waals surface area contributed by atoms with Crippen LogP contribution in [0.3, 0.4) is 0 Å². The highest BCUT2D eigenvalue weighted by Gasteiger charge is 2.23. The Hall–Kier alpha value is -1.29. The number of hydrogen-bond donors (Lipinski definition) is 0. The first-order valence-electron chi connectivity index (χ1n) is 5.22. The van der Waals surface area contributed by atoms with E-state index in [2.05, 4.69) is 11.9 Å². The molecule has 1 atom stereocenters. The molecule has 1 fully saturated rings. The molecule has 1 saturated heterocycles. The van der Waals surface area contributed by atoms with Gasteiger partial charge >= 0.3 is 0 Å². The van der Waals surface area contributed by atoms with Crippen LogP contribution in [0, 0.1) is 0 Å². The molecular weight excluding hydrogens is 220 g/mol. The number of amidine groups is 1. The van der Waals surface area contributed by atoms with Gasteiger partial charge in [0.1, 0.15) is 0 Å². The molecule has 1 aromatic rings. The number of amides is 1. The van der Waals surface area contributed by atoms with Crippen molar-refractivity contribution in [2.45, 2.75) is 12.2 Å². The second kappa shape index (κ2) is 4.70. The Morgan fingerprint density at radius 2 is 2.12 bits per heavy atom. The van der Waals surface area contributed by atoms with Crippen LogP contribution in [0.4, 0.5) is 0 Å². The molecule has 1 aliphatic heterocycles. The lowest BCUT2D eigenvalue weighted by atomic mass is 10.2. The van der Waals surface area contributed by atoms with Crippen molar-refractivity contribution < 1.29 is 4.79 Å². The van der Waals surface area contributed by atoms with Crippen LogP contribution in [0.5, 0.6) is 0 Å². The summed E-state index contributed by atoms with van der Waals surface area (Å²) < 4.78 is 0. The van der Waals surface area contributed by atoms with E-state index in [0.29, 0.717) is 10.8 Å². The standard InChI is InChI=1S/C12H14N2OS/c1-9-8-14(2)12(16-9)13-11(15)10-6-4-3-5-7-10/h3-7,9H,8H2,1-2H3. The zero-order valence-corrected chi connectivity index (χ0v) is 10.2. The van der Waals surface area contributed by atoms with Crippen LogP contribution in [-0.4, -0.2) is 34.8 Å². The van der Waals surface area contributed by atoms with Gasteiger partial charge in [-0.05, 0) is 12.1 Å². The van der Waals surface area contributed by atoms with E-state index in [4.69, 9.17) is 0 Å². The van der Waals surface area contributed by atoms with Gasteiger partial charge in [-0.3, -0.25) is 4.79 Å². The van der Waals surface area contributed by atoms with Crippen LogP contribution in [0.15, 0.2) is 35.3 Å². The van der Waals surface area contributed by atoms with Crippen LogP contribution in [0.2, 0.25) is 0 Å². The monoisotopic (exact) mass is 234 g/mol. The van der Waals surface area contributed by atoms with E-state index in [1.54, 1.807) is 23.9 Å². The van der Waals surface area contributed by atoms with E-state index >= 15 is 0 Å². The Bertz CT molecular complexity index is 416. The van der Waals surface area contributed by atoms with E-state index < -0.39 is 0 Å². The van der Waals surface area contributed by atoms with Gasteiger partial charge in [0.15, 0.2) is 5.17 Å². The Kier molecular flexibility index (Phi) is 3.29. The first kappa shape index (κ1) is 11.2. The number of carbonyl (C=O) groups is 1. The SMILES string of the molecule is CC1CN(C)C(=NC(=O)c2ccccc2)S1. The minimum atomic E-state index is -0.163. The largest absolute Gasteiger partial charge is 0.353 e. The lowest BCUT2D eigenvalue weighted by Crippen LogP contribution is -2.20. The van der Waals surface area contributed by atoms with E-state index in [9.17, 15) is 4.79 Å². The van der Waals surface area contributed by atoms with E-state index in [0.717, 1.165) is 11.7 Å². The summed E-state index contributed by atoms with van der Waals surface area (Å²) in [7, 11) is 1.97. The van der Waals surface area contributed by atoms with Gasteiger partial charge in [0.2, 0.25) is 0 Å². The van der Waals surface area contributed by atoms with Crippen molar-refractivity contribution in [2.24, 2.45) is 4.99 Å². The second-order valence-electron chi connectivity index (χ2n) is 3.87. The predicted octanol–water partition coefficient (Wildman–Crippen LogP) is 2.25. The molecule has 1 aromatic carbocycles. The van der Waals surface area contributed by atoms with Gasteiger partial charge < -0.3 is 4.90 Å². The predicted molar refractivity (Wildman–Crippen MR) is 67.9 cm³/mol. The Morgan fingerprint density at radius 1 is 1.44 bits per heavy atom. The summed E-state index contributed by atoms with van der Waals surface area (Å²) in [6, 6.07) is 9.16. The first-order valence-corrected chi connectivity index (χ1v) is 6.10. The molecule has 84 valence electrons. The van der Waals surface area contributed by atoms with Gasteiger partial charge in [-0.1, -0.05) is 36.9 Å². The highest BCUT2D eigenvalue weighted by Crippen LogP contribution is 2.24. The number of hydrogen-bond acceptors (Lipinski definition) is 2. The number of nitrogens with zero attached hydrogens (tertiary/aromatic N) is 2. The molecule has 3 nitrogen and oxygen atoms in total. The summed E-state index contributed by atoms with van der Waals surface area (Å²) in [6.07, 6.45) is 0. The fraction of sp³-hybridized carbons (Fsp3) is 0.333. The van der Waals surface area contributed by atoms with E-state index in [1.165, 1.54) is 0 Å². The Balaban J connectivity index is 2.16. The Morgan fingerprint density at radius 3 is 2.69 bits per heavy atom. The van der Waals surface area contributed by atoms with Gasteiger partial charge in [0.05, 0.1) is 0 Å². The second-order valence-corrected chi connectivity index (χ2v) is 5.28. The Labute approximate surface area is 99.6 Å². The molecular formula is C12H14N2OS. The van der Waals surface area contributed by atoms with E-state index in [-0.39, 0.29) is 5.91 Å². The number of aliphatic imine (C=N–C) groups is 1. The molecule has 2 rings (SSSR count). The molecule has 0 aliphatic carbocycles. The van der Waals surface area contributed by atoms with Crippen molar-refractivity contribution in [1.82, 2.24) is 4.90 Å². The molecule has 16 heavy (non-hydrogen) atoms. The maximum atomic E-state index is 11.8. The third kappa shape index (κ3) is 2.44. The first-order chi connectivity index (χ1) is 7.66. The minimum Gasteiger partial charge on any atom is -0.353 e. The van der Waals surface area contributed by atoms with Gasteiger partial charge in [-0.2, -0.15) is 4.99 Å². The molecule has 4 heteroatoms. The van der Waals surface area contributed by atoms with Crippen LogP contribution in [0.25, 0.3) is 0 Å². The van der Waals surface area contributed by atoms with Gasteiger partial charge in [-0.25, -0.2) is 0 Å². The lowest BCUT2D eigenvalue weighted by molar-refractivity contribution is 0.100. The lowest BCUT2D eigenvalue weighted by Gasteiger charge is -2.08. The average Bonchev–Trinajstić information content (AvgIpc) is 2.59.